The van der Waals surface area contributed by atoms with Crippen molar-refractivity contribution in [3.63, 3.8) is 0 Å². The Morgan fingerprint density at radius 2 is 1.35 bits per heavy atom. The van der Waals surface area contributed by atoms with E-state index in [1.165, 1.54) is 24.3 Å². The van der Waals surface area contributed by atoms with Crippen LogP contribution in [0.5, 0.6) is 0 Å². The molecule has 0 amide bonds. The highest BCUT2D eigenvalue weighted by molar-refractivity contribution is 5.45. The van der Waals surface area contributed by atoms with Crippen molar-refractivity contribution in [3.8, 4) is 0 Å². The minimum atomic E-state index is -4.50. The third-order valence-corrected chi connectivity index (χ3v) is 4.40. The van der Waals surface area contributed by atoms with E-state index in [9.17, 15) is 26.3 Å². The first-order valence-corrected chi connectivity index (χ1v) is 6.96. The van der Waals surface area contributed by atoms with Gasteiger partial charge in [0.2, 0.25) is 0 Å². The zero-order chi connectivity index (χ0) is 16.9. The molecule has 0 N–H and O–H groups in total. The Balaban J connectivity index is 1.96. The van der Waals surface area contributed by atoms with Crippen molar-refractivity contribution in [2.45, 2.75) is 30.1 Å². The first kappa shape index (κ1) is 15.9. The zero-order valence-corrected chi connectivity index (χ0v) is 11.7. The molecule has 0 spiro atoms. The van der Waals surface area contributed by atoms with Crippen LogP contribution in [0.25, 0.3) is 0 Å². The van der Waals surface area contributed by atoms with Gasteiger partial charge in [-0.05, 0) is 29.7 Å². The van der Waals surface area contributed by atoms with Crippen molar-refractivity contribution in [3.05, 3.63) is 71.3 Å². The fraction of sp³-hybridized carbons (Fsp3) is 0.294. The molecule has 1 aliphatic rings. The monoisotopic (exact) mass is 330 g/mol. The number of hydrogen-bond acceptors (Lipinski definition) is 0. The number of rotatable bonds is 2. The van der Waals surface area contributed by atoms with Crippen LogP contribution in [0.1, 0.15) is 29.0 Å². The number of hydrogen-bond donors (Lipinski definition) is 0. The molecule has 0 aliphatic heterocycles. The Hall–Kier alpha value is -1.98. The average molecular weight is 330 g/mol. The van der Waals surface area contributed by atoms with Crippen LogP contribution >= 0.6 is 0 Å². The molecule has 0 unspecified atom stereocenters. The van der Waals surface area contributed by atoms with E-state index in [-0.39, 0.29) is 17.5 Å². The number of alkyl halides is 6. The summed E-state index contributed by atoms with van der Waals surface area (Å²) in [6.07, 6.45) is -9.10. The van der Waals surface area contributed by atoms with Crippen LogP contribution in [0, 0.1) is 0 Å². The lowest BCUT2D eigenvalue weighted by molar-refractivity contribution is -0.162. The predicted molar refractivity (Wildman–Crippen MR) is 73.0 cm³/mol. The molecular formula is C17H12F6. The molecule has 2 atom stereocenters. The van der Waals surface area contributed by atoms with Gasteiger partial charge in [0.15, 0.2) is 0 Å². The Morgan fingerprint density at radius 1 is 0.783 bits per heavy atom. The van der Waals surface area contributed by atoms with Gasteiger partial charge in [-0.3, -0.25) is 0 Å². The first-order valence-electron chi connectivity index (χ1n) is 6.96. The van der Waals surface area contributed by atoms with E-state index in [0.717, 1.165) is 24.3 Å². The minimum absolute atomic E-state index is 0.147. The van der Waals surface area contributed by atoms with E-state index in [2.05, 4.69) is 0 Å². The molecule has 122 valence electrons. The average Bonchev–Trinajstić information content (AvgIpc) is 3.24. The fourth-order valence-electron chi connectivity index (χ4n) is 3.10. The summed E-state index contributed by atoms with van der Waals surface area (Å²) in [7, 11) is 0. The summed E-state index contributed by atoms with van der Waals surface area (Å²) < 4.78 is 78.5. The van der Waals surface area contributed by atoms with Gasteiger partial charge in [-0.2, -0.15) is 26.3 Å². The molecule has 23 heavy (non-hydrogen) atoms. The molecule has 0 heterocycles. The molecule has 6 heteroatoms. The van der Waals surface area contributed by atoms with Crippen LogP contribution in [0.3, 0.4) is 0 Å². The van der Waals surface area contributed by atoms with Gasteiger partial charge in [0.25, 0.3) is 0 Å². The van der Waals surface area contributed by atoms with Crippen LogP contribution in [-0.2, 0) is 11.6 Å². The van der Waals surface area contributed by atoms with E-state index >= 15 is 0 Å². The second-order valence-corrected chi connectivity index (χ2v) is 5.71. The Bertz CT molecular complexity index is 684. The quantitative estimate of drug-likeness (QED) is 0.620. The van der Waals surface area contributed by atoms with Gasteiger partial charge < -0.3 is 0 Å². The standard InChI is InChI=1S/C17H12F6/c18-16(19,20)13-8-6-11(7-9-13)14-10-15(14,17(21,22)23)12-4-2-1-3-5-12/h1-9,14H,10H2/t14-,15-/m0/s1. The van der Waals surface area contributed by atoms with Gasteiger partial charge in [-0.25, -0.2) is 0 Å². The van der Waals surface area contributed by atoms with Gasteiger partial charge in [0, 0.05) is 5.92 Å². The summed E-state index contributed by atoms with van der Waals surface area (Å²) in [5.74, 6) is -0.854. The molecule has 0 bridgehead atoms. The van der Waals surface area contributed by atoms with Crippen molar-refractivity contribution in [1.29, 1.82) is 0 Å². The smallest absolute Gasteiger partial charge is 0.170 e. The van der Waals surface area contributed by atoms with Crippen molar-refractivity contribution in [2.24, 2.45) is 0 Å². The second kappa shape index (κ2) is 5.01. The topological polar surface area (TPSA) is 0 Å². The van der Waals surface area contributed by atoms with Gasteiger partial charge in [0.05, 0.1) is 11.0 Å². The second-order valence-electron chi connectivity index (χ2n) is 5.71. The molecule has 1 saturated carbocycles. The lowest BCUT2D eigenvalue weighted by Crippen LogP contribution is -2.30. The summed E-state index contributed by atoms with van der Waals surface area (Å²) in [6, 6.07) is 11.5. The number of halogens is 6. The summed E-state index contributed by atoms with van der Waals surface area (Å²) in [6.45, 7) is 0. The molecule has 1 fully saturated rings. The number of benzene rings is 2. The van der Waals surface area contributed by atoms with E-state index in [4.69, 9.17) is 0 Å². The van der Waals surface area contributed by atoms with Crippen molar-refractivity contribution >= 4 is 0 Å². The lowest BCUT2D eigenvalue weighted by atomic mass is 9.90. The highest BCUT2D eigenvalue weighted by atomic mass is 19.4. The van der Waals surface area contributed by atoms with Crippen molar-refractivity contribution in [2.75, 3.05) is 0 Å². The zero-order valence-electron chi connectivity index (χ0n) is 11.7. The largest absolute Gasteiger partial charge is 0.416 e. The highest BCUT2D eigenvalue weighted by Gasteiger charge is 2.71. The van der Waals surface area contributed by atoms with Crippen molar-refractivity contribution in [1.82, 2.24) is 0 Å². The summed E-state index contributed by atoms with van der Waals surface area (Å²) in [4.78, 5) is 0. The van der Waals surface area contributed by atoms with Crippen LogP contribution in [0.2, 0.25) is 0 Å². The van der Waals surface area contributed by atoms with E-state index in [1.54, 1.807) is 6.07 Å². The molecule has 2 aromatic rings. The lowest BCUT2D eigenvalue weighted by Gasteiger charge is -2.22. The molecule has 0 saturated heterocycles. The van der Waals surface area contributed by atoms with Crippen LogP contribution in [0.4, 0.5) is 26.3 Å². The molecule has 0 radical (unpaired) electrons. The molecule has 2 aromatic carbocycles. The van der Waals surface area contributed by atoms with E-state index in [0.29, 0.717) is 0 Å². The third kappa shape index (κ3) is 2.60. The third-order valence-electron chi connectivity index (χ3n) is 4.40. The van der Waals surface area contributed by atoms with E-state index in [1.807, 2.05) is 0 Å². The summed E-state index contributed by atoms with van der Waals surface area (Å²) >= 11 is 0. The predicted octanol–water partition coefficient (Wildman–Crippen LogP) is 5.69. The highest BCUT2D eigenvalue weighted by Crippen LogP contribution is 2.68. The fourth-order valence-corrected chi connectivity index (χ4v) is 3.10. The maximum absolute atomic E-state index is 13.6. The Morgan fingerprint density at radius 3 is 1.83 bits per heavy atom. The van der Waals surface area contributed by atoms with Crippen LogP contribution < -0.4 is 0 Å². The van der Waals surface area contributed by atoms with Crippen LogP contribution in [0.15, 0.2) is 54.6 Å². The Labute approximate surface area is 128 Å². The molecule has 0 nitrogen and oxygen atoms in total. The van der Waals surface area contributed by atoms with Gasteiger partial charge in [-0.1, -0.05) is 42.5 Å². The maximum atomic E-state index is 13.6. The SMILES string of the molecule is FC(F)(F)c1ccc([C@@H]2C[C@@]2(c2ccccc2)C(F)(F)F)cc1. The molecule has 1 aliphatic carbocycles. The summed E-state index contributed by atoms with van der Waals surface area (Å²) in [5.41, 5.74) is -2.44. The van der Waals surface area contributed by atoms with E-state index < -0.39 is 29.2 Å². The Kier molecular flexibility index (Phi) is 3.46. The molecular weight excluding hydrogens is 318 g/mol. The minimum Gasteiger partial charge on any atom is -0.170 e. The maximum Gasteiger partial charge on any atom is 0.416 e. The molecule has 3 rings (SSSR count). The van der Waals surface area contributed by atoms with Gasteiger partial charge in [0.1, 0.15) is 0 Å². The summed E-state index contributed by atoms with van der Waals surface area (Å²) in [5, 5.41) is 0. The first-order chi connectivity index (χ1) is 10.7. The van der Waals surface area contributed by atoms with Gasteiger partial charge >= 0.3 is 12.4 Å². The van der Waals surface area contributed by atoms with Crippen molar-refractivity contribution < 1.29 is 26.3 Å². The van der Waals surface area contributed by atoms with Gasteiger partial charge in [-0.15, -0.1) is 0 Å². The molecule has 0 aromatic heterocycles. The van der Waals surface area contributed by atoms with Crippen LogP contribution in [-0.4, -0.2) is 6.18 Å². The normalized spacial score (nSPS) is 24.5.